The second-order valence-corrected chi connectivity index (χ2v) is 9.24. The quantitative estimate of drug-likeness (QED) is 0.652. The van der Waals surface area contributed by atoms with E-state index in [1.54, 1.807) is 26.4 Å². The number of nitrogens with zero attached hydrogens (tertiary/aromatic N) is 4. The van der Waals surface area contributed by atoms with E-state index < -0.39 is 0 Å². The van der Waals surface area contributed by atoms with Crippen LogP contribution in [0.5, 0.6) is 11.5 Å². The first-order valence-electron chi connectivity index (χ1n) is 11.1. The highest BCUT2D eigenvalue weighted by atomic mass is 16.5. The van der Waals surface area contributed by atoms with Crippen LogP contribution in [0.4, 0.5) is 11.8 Å². The number of anilines is 2. The van der Waals surface area contributed by atoms with Crippen LogP contribution in [0.15, 0.2) is 36.4 Å². The first kappa shape index (κ1) is 22.6. The molecular weight excluding hydrogens is 418 g/mol. The van der Waals surface area contributed by atoms with E-state index in [0.717, 1.165) is 0 Å². The molecular formula is C25H31N5O3. The summed E-state index contributed by atoms with van der Waals surface area (Å²) in [4.78, 5) is 26.1. The van der Waals surface area contributed by atoms with Crippen LogP contribution in [0.25, 0.3) is 10.9 Å². The molecule has 2 heterocycles. The van der Waals surface area contributed by atoms with E-state index in [2.05, 4.69) is 30.7 Å². The Hall–Kier alpha value is -3.55. The third kappa shape index (κ3) is 4.51. The lowest BCUT2D eigenvalue weighted by atomic mass is 9.86. The molecule has 0 atom stereocenters. The summed E-state index contributed by atoms with van der Waals surface area (Å²) in [5, 5.41) is 0.712. The van der Waals surface area contributed by atoms with Gasteiger partial charge in [0.15, 0.2) is 11.5 Å². The Labute approximate surface area is 194 Å². The second kappa shape index (κ2) is 8.77. The van der Waals surface area contributed by atoms with Gasteiger partial charge in [-0.05, 0) is 29.2 Å². The summed E-state index contributed by atoms with van der Waals surface area (Å²) in [6, 6.07) is 11.5. The van der Waals surface area contributed by atoms with Crippen LogP contribution in [0, 0.1) is 0 Å². The lowest BCUT2D eigenvalue weighted by molar-refractivity contribution is 0.0746. The van der Waals surface area contributed by atoms with Crippen LogP contribution in [0.2, 0.25) is 0 Å². The van der Waals surface area contributed by atoms with Crippen LogP contribution >= 0.6 is 0 Å². The molecule has 1 saturated heterocycles. The van der Waals surface area contributed by atoms with Gasteiger partial charge in [0, 0.05) is 43.2 Å². The van der Waals surface area contributed by atoms with Gasteiger partial charge in [-0.15, -0.1) is 0 Å². The van der Waals surface area contributed by atoms with Crippen molar-refractivity contribution in [2.45, 2.75) is 26.2 Å². The number of rotatable bonds is 4. The molecule has 2 aromatic carbocycles. The molecule has 1 aliphatic heterocycles. The van der Waals surface area contributed by atoms with Gasteiger partial charge in [0.1, 0.15) is 5.82 Å². The molecule has 174 valence electrons. The minimum absolute atomic E-state index is 0.0471. The highest BCUT2D eigenvalue weighted by Gasteiger charge is 2.25. The Morgan fingerprint density at radius 3 is 2.12 bits per heavy atom. The lowest BCUT2D eigenvalue weighted by Crippen LogP contribution is -2.49. The highest BCUT2D eigenvalue weighted by Crippen LogP contribution is 2.34. The SMILES string of the molecule is COc1cc2nc(N3CCN(C(=O)c4ccc(C(C)(C)C)cc4)CC3)nc(N)c2cc1OC. The van der Waals surface area contributed by atoms with Crippen LogP contribution in [-0.4, -0.2) is 61.2 Å². The zero-order valence-corrected chi connectivity index (χ0v) is 19.9. The minimum atomic E-state index is 0.0471. The molecule has 0 bridgehead atoms. The summed E-state index contributed by atoms with van der Waals surface area (Å²) in [5.41, 5.74) is 8.91. The van der Waals surface area contributed by atoms with Gasteiger partial charge in [0.25, 0.3) is 5.91 Å². The Morgan fingerprint density at radius 1 is 0.939 bits per heavy atom. The van der Waals surface area contributed by atoms with Crippen LogP contribution < -0.4 is 20.1 Å². The van der Waals surface area contributed by atoms with Crippen molar-refractivity contribution < 1.29 is 14.3 Å². The molecule has 3 aromatic rings. The number of hydrogen-bond donors (Lipinski definition) is 1. The molecule has 33 heavy (non-hydrogen) atoms. The van der Waals surface area contributed by atoms with Gasteiger partial charge >= 0.3 is 0 Å². The number of nitrogens with two attached hydrogens (primary N) is 1. The molecule has 8 nitrogen and oxygen atoms in total. The molecule has 1 amide bonds. The zero-order valence-electron chi connectivity index (χ0n) is 19.9. The minimum Gasteiger partial charge on any atom is -0.493 e. The van der Waals surface area contributed by atoms with Crippen molar-refractivity contribution >= 4 is 28.6 Å². The number of amides is 1. The number of piperazine rings is 1. The first-order chi connectivity index (χ1) is 15.7. The van der Waals surface area contributed by atoms with E-state index in [0.29, 0.717) is 65.9 Å². The lowest BCUT2D eigenvalue weighted by Gasteiger charge is -2.35. The maximum atomic E-state index is 13.0. The average molecular weight is 450 g/mol. The maximum absolute atomic E-state index is 13.0. The van der Waals surface area contributed by atoms with Crippen molar-refractivity contribution in [3.8, 4) is 11.5 Å². The van der Waals surface area contributed by atoms with Crippen molar-refractivity contribution in [1.29, 1.82) is 0 Å². The van der Waals surface area contributed by atoms with Crippen LogP contribution in [0.1, 0.15) is 36.7 Å². The number of aromatic nitrogens is 2. The van der Waals surface area contributed by atoms with Crippen LogP contribution in [-0.2, 0) is 5.41 Å². The number of methoxy groups -OCH3 is 2. The molecule has 8 heteroatoms. The number of carbonyl (C=O) groups is 1. The van der Waals surface area contributed by atoms with E-state index >= 15 is 0 Å². The molecule has 1 aromatic heterocycles. The van der Waals surface area contributed by atoms with Gasteiger partial charge in [-0.3, -0.25) is 4.79 Å². The zero-order chi connectivity index (χ0) is 23.8. The summed E-state index contributed by atoms with van der Waals surface area (Å²) in [6.45, 7) is 8.93. The van der Waals surface area contributed by atoms with Crippen LogP contribution in [0.3, 0.4) is 0 Å². The molecule has 0 radical (unpaired) electrons. The monoisotopic (exact) mass is 449 g/mol. The number of fused-ring (bicyclic) bond motifs is 1. The van der Waals surface area contributed by atoms with Crippen molar-refractivity contribution in [3.05, 3.63) is 47.5 Å². The molecule has 0 spiro atoms. The van der Waals surface area contributed by atoms with Gasteiger partial charge in [-0.1, -0.05) is 32.9 Å². The number of benzene rings is 2. The fourth-order valence-corrected chi connectivity index (χ4v) is 4.01. The van der Waals surface area contributed by atoms with Crippen molar-refractivity contribution in [1.82, 2.24) is 14.9 Å². The Kier molecular flexibility index (Phi) is 6.01. The fourth-order valence-electron chi connectivity index (χ4n) is 4.01. The number of hydrogen-bond acceptors (Lipinski definition) is 7. The topological polar surface area (TPSA) is 93.8 Å². The maximum Gasteiger partial charge on any atom is 0.253 e. The van der Waals surface area contributed by atoms with E-state index in [1.807, 2.05) is 29.2 Å². The molecule has 2 N–H and O–H groups in total. The van der Waals surface area contributed by atoms with Gasteiger partial charge in [-0.25, -0.2) is 4.98 Å². The van der Waals surface area contributed by atoms with Gasteiger partial charge < -0.3 is 25.0 Å². The third-order valence-corrected chi connectivity index (χ3v) is 6.07. The Morgan fingerprint density at radius 2 is 1.55 bits per heavy atom. The molecule has 0 unspecified atom stereocenters. The van der Waals surface area contributed by atoms with E-state index in [4.69, 9.17) is 20.2 Å². The highest BCUT2D eigenvalue weighted by molar-refractivity contribution is 5.94. The van der Waals surface area contributed by atoms with Gasteiger partial charge in [-0.2, -0.15) is 4.98 Å². The summed E-state index contributed by atoms with van der Waals surface area (Å²) < 4.78 is 10.7. The largest absolute Gasteiger partial charge is 0.493 e. The standard InChI is InChI=1S/C25H31N5O3/c1-25(2,3)17-8-6-16(7-9-17)23(31)29-10-12-30(13-11-29)24-27-19-15-21(33-5)20(32-4)14-18(19)22(26)28-24/h6-9,14-15H,10-13H2,1-5H3,(H2,26,27,28). The summed E-state index contributed by atoms with van der Waals surface area (Å²) in [6.07, 6.45) is 0. The van der Waals surface area contributed by atoms with Crippen molar-refractivity contribution in [3.63, 3.8) is 0 Å². The normalized spacial score (nSPS) is 14.5. The summed E-state index contributed by atoms with van der Waals surface area (Å²) >= 11 is 0. The summed E-state index contributed by atoms with van der Waals surface area (Å²) in [5.74, 6) is 2.14. The molecule has 0 saturated carbocycles. The average Bonchev–Trinajstić information content (AvgIpc) is 2.82. The smallest absolute Gasteiger partial charge is 0.253 e. The van der Waals surface area contributed by atoms with Gasteiger partial charge in [0.2, 0.25) is 5.95 Å². The fraction of sp³-hybridized carbons (Fsp3) is 0.400. The molecule has 1 fully saturated rings. The number of carbonyl (C=O) groups excluding carboxylic acids is 1. The molecule has 4 rings (SSSR count). The second-order valence-electron chi connectivity index (χ2n) is 9.24. The summed E-state index contributed by atoms with van der Waals surface area (Å²) in [7, 11) is 3.16. The van der Waals surface area contributed by atoms with E-state index in [-0.39, 0.29) is 11.3 Å². The van der Waals surface area contributed by atoms with E-state index in [1.165, 1.54) is 5.56 Å². The number of ether oxygens (including phenoxy) is 2. The third-order valence-electron chi connectivity index (χ3n) is 6.07. The van der Waals surface area contributed by atoms with E-state index in [9.17, 15) is 4.79 Å². The predicted molar refractivity (Wildman–Crippen MR) is 130 cm³/mol. The van der Waals surface area contributed by atoms with Crippen molar-refractivity contribution in [2.24, 2.45) is 0 Å². The van der Waals surface area contributed by atoms with Gasteiger partial charge in [0.05, 0.1) is 19.7 Å². The predicted octanol–water partition coefficient (Wildman–Crippen LogP) is 3.49. The number of nitrogen functional groups attached to an aromatic ring is 1. The Balaban J connectivity index is 1.48. The first-order valence-corrected chi connectivity index (χ1v) is 11.1. The molecule has 1 aliphatic rings. The Bertz CT molecular complexity index is 1160. The molecule has 0 aliphatic carbocycles. The van der Waals surface area contributed by atoms with Crippen molar-refractivity contribution in [2.75, 3.05) is 51.0 Å².